The molecule has 0 aliphatic rings. The zero-order valence-electron chi connectivity index (χ0n) is 10.3. The van der Waals surface area contributed by atoms with Gasteiger partial charge >= 0.3 is 5.97 Å². The van der Waals surface area contributed by atoms with Gasteiger partial charge in [-0.05, 0) is 39.5 Å². The lowest BCUT2D eigenvalue weighted by Crippen LogP contribution is -2.01. The van der Waals surface area contributed by atoms with Gasteiger partial charge in [0.2, 0.25) is 0 Å². The van der Waals surface area contributed by atoms with Crippen LogP contribution in [0.5, 0.6) is 0 Å². The number of allylic oxidation sites excluding steroid dienone is 2. The topological polar surface area (TPSA) is 35.5 Å². The third-order valence-corrected chi connectivity index (χ3v) is 2.19. The molecular formula is C13H22O3. The number of esters is 1. The van der Waals surface area contributed by atoms with Crippen molar-refractivity contribution in [1.82, 2.24) is 0 Å². The molecule has 0 amide bonds. The van der Waals surface area contributed by atoms with Crippen LogP contribution in [0.25, 0.3) is 0 Å². The second-order valence-electron chi connectivity index (χ2n) is 3.53. The molecule has 0 radical (unpaired) electrons. The Balaban J connectivity index is 3.16. The van der Waals surface area contributed by atoms with Crippen molar-refractivity contribution in [3.05, 3.63) is 24.5 Å². The second kappa shape index (κ2) is 10.3. The first-order valence-electron chi connectivity index (χ1n) is 5.75. The van der Waals surface area contributed by atoms with Gasteiger partial charge < -0.3 is 9.47 Å². The molecule has 0 aliphatic heterocycles. The fourth-order valence-electron chi connectivity index (χ4n) is 1.11. The van der Waals surface area contributed by atoms with Crippen molar-refractivity contribution in [1.29, 1.82) is 0 Å². The molecule has 0 N–H and O–H groups in total. The maximum absolute atomic E-state index is 10.7. The maximum atomic E-state index is 10.7. The van der Waals surface area contributed by atoms with Gasteiger partial charge in [-0.1, -0.05) is 12.7 Å². The third kappa shape index (κ3) is 9.31. The Morgan fingerprint density at radius 1 is 1.12 bits per heavy atom. The summed E-state index contributed by atoms with van der Waals surface area (Å²) in [5, 5.41) is 0. The van der Waals surface area contributed by atoms with Crippen molar-refractivity contribution in [3.8, 4) is 0 Å². The summed E-state index contributed by atoms with van der Waals surface area (Å²) in [6, 6.07) is 0. The van der Waals surface area contributed by atoms with E-state index in [-0.39, 0.29) is 5.97 Å². The van der Waals surface area contributed by atoms with Gasteiger partial charge in [0.15, 0.2) is 0 Å². The summed E-state index contributed by atoms with van der Waals surface area (Å²) in [4.78, 5) is 10.7. The van der Waals surface area contributed by atoms with E-state index in [1.165, 1.54) is 6.08 Å². The Kier molecular flexibility index (Phi) is 9.47. The Morgan fingerprint density at radius 2 is 1.69 bits per heavy atom. The zero-order chi connectivity index (χ0) is 12.2. The number of carbonyl (C=O) groups excluding carboxylic acids is 1. The normalized spacial score (nSPS) is 11.0. The summed E-state index contributed by atoms with van der Waals surface area (Å²) < 4.78 is 10.3. The Labute approximate surface area is 98.1 Å². The second-order valence-corrected chi connectivity index (χ2v) is 3.53. The number of hydrogen-bond acceptors (Lipinski definition) is 3. The van der Waals surface area contributed by atoms with E-state index in [0.717, 1.165) is 38.0 Å². The largest absolute Gasteiger partial charge is 0.499 e. The highest BCUT2D eigenvalue weighted by molar-refractivity contribution is 5.81. The molecule has 0 spiro atoms. The molecule has 16 heavy (non-hydrogen) atoms. The van der Waals surface area contributed by atoms with Gasteiger partial charge in [-0.3, -0.25) is 0 Å². The number of hydrogen-bond donors (Lipinski definition) is 0. The number of carbonyl (C=O) groups is 1. The average molecular weight is 226 g/mol. The van der Waals surface area contributed by atoms with E-state index in [1.54, 1.807) is 0 Å². The lowest BCUT2D eigenvalue weighted by Gasteiger charge is -2.05. The van der Waals surface area contributed by atoms with Crippen molar-refractivity contribution >= 4 is 5.97 Å². The summed E-state index contributed by atoms with van der Waals surface area (Å²) in [6.07, 6.45) is 7.25. The van der Waals surface area contributed by atoms with E-state index in [2.05, 4.69) is 6.58 Å². The Morgan fingerprint density at radius 3 is 2.19 bits per heavy atom. The summed E-state index contributed by atoms with van der Waals surface area (Å²) in [5.74, 6) is 0.631. The molecule has 0 aromatic rings. The molecule has 0 fully saturated rings. The van der Waals surface area contributed by atoms with Gasteiger partial charge in [0, 0.05) is 6.08 Å². The highest BCUT2D eigenvalue weighted by Gasteiger charge is 1.95. The van der Waals surface area contributed by atoms with E-state index >= 15 is 0 Å². The molecule has 0 saturated heterocycles. The molecule has 0 aliphatic carbocycles. The summed E-state index contributed by atoms with van der Waals surface area (Å²) in [6.45, 7) is 8.50. The molecule has 3 nitrogen and oxygen atoms in total. The van der Waals surface area contributed by atoms with Crippen LogP contribution in [0.15, 0.2) is 24.5 Å². The van der Waals surface area contributed by atoms with Gasteiger partial charge in [0.25, 0.3) is 0 Å². The minimum Gasteiger partial charge on any atom is -0.499 e. The lowest BCUT2D eigenvalue weighted by molar-refractivity contribution is -0.137. The van der Waals surface area contributed by atoms with Crippen molar-refractivity contribution in [2.75, 3.05) is 13.2 Å². The molecule has 0 saturated carbocycles. The van der Waals surface area contributed by atoms with Gasteiger partial charge in [-0.15, -0.1) is 0 Å². The predicted molar refractivity (Wildman–Crippen MR) is 65.0 cm³/mol. The van der Waals surface area contributed by atoms with Gasteiger partial charge in [-0.2, -0.15) is 0 Å². The Hall–Kier alpha value is -1.25. The van der Waals surface area contributed by atoms with Crippen LogP contribution < -0.4 is 0 Å². The van der Waals surface area contributed by atoms with E-state index < -0.39 is 0 Å². The standard InChI is InChI=1S/C13H22O3/c1-4-12(3)15-10-8-6-7-9-11-16-13(14)5-2/h4-5H,2,6-11H2,1,3H3/b12-4+. The van der Waals surface area contributed by atoms with Crippen LogP contribution in [0.2, 0.25) is 0 Å². The van der Waals surface area contributed by atoms with Crippen LogP contribution in [0.4, 0.5) is 0 Å². The van der Waals surface area contributed by atoms with Crippen molar-refractivity contribution in [2.45, 2.75) is 39.5 Å². The molecule has 0 atom stereocenters. The molecule has 0 unspecified atom stereocenters. The number of ether oxygens (including phenoxy) is 2. The highest BCUT2D eigenvalue weighted by atomic mass is 16.5. The molecule has 0 aromatic heterocycles. The van der Waals surface area contributed by atoms with Gasteiger partial charge in [0.05, 0.1) is 19.0 Å². The maximum Gasteiger partial charge on any atom is 0.330 e. The minimum absolute atomic E-state index is 0.341. The van der Waals surface area contributed by atoms with Crippen LogP contribution in [0, 0.1) is 0 Å². The Bertz CT molecular complexity index is 223. The predicted octanol–water partition coefficient (Wildman–Crippen LogP) is 3.22. The van der Waals surface area contributed by atoms with Crippen molar-refractivity contribution in [3.63, 3.8) is 0 Å². The van der Waals surface area contributed by atoms with E-state index in [0.29, 0.717) is 6.61 Å². The monoisotopic (exact) mass is 226 g/mol. The first-order valence-corrected chi connectivity index (χ1v) is 5.75. The molecule has 92 valence electrons. The smallest absolute Gasteiger partial charge is 0.330 e. The average Bonchev–Trinajstić information content (AvgIpc) is 2.31. The fourth-order valence-corrected chi connectivity index (χ4v) is 1.11. The van der Waals surface area contributed by atoms with E-state index in [9.17, 15) is 4.79 Å². The summed E-state index contributed by atoms with van der Waals surface area (Å²) in [5.41, 5.74) is 0. The summed E-state index contributed by atoms with van der Waals surface area (Å²) >= 11 is 0. The van der Waals surface area contributed by atoms with Crippen molar-refractivity contribution < 1.29 is 14.3 Å². The molecule has 0 bridgehead atoms. The fraction of sp³-hybridized carbons (Fsp3) is 0.615. The van der Waals surface area contributed by atoms with Crippen LogP contribution >= 0.6 is 0 Å². The molecule has 3 heteroatoms. The lowest BCUT2D eigenvalue weighted by atomic mass is 10.2. The first kappa shape index (κ1) is 14.8. The van der Waals surface area contributed by atoms with E-state index in [1.807, 2.05) is 19.9 Å². The summed E-state index contributed by atoms with van der Waals surface area (Å²) in [7, 11) is 0. The first-order chi connectivity index (χ1) is 7.70. The SMILES string of the molecule is C=CC(=O)OCCCCCCO/C(C)=C/C. The number of rotatable bonds is 9. The van der Waals surface area contributed by atoms with Crippen LogP contribution in [0.1, 0.15) is 39.5 Å². The number of unbranched alkanes of at least 4 members (excludes halogenated alkanes) is 3. The molecule has 0 rings (SSSR count). The third-order valence-electron chi connectivity index (χ3n) is 2.19. The van der Waals surface area contributed by atoms with Crippen LogP contribution in [-0.4, -0.2) is 19.2 Å². The van der Waals surface area contributed by atoms with Gasteiger partial charge in [0.1, 0.15) is 0 Å². The molecule has 0 aromatic carbocycles. The van der Waals surface area contributed by atoms with Gasteiger partial charge in [-0.25, -0.2) is 4.79 Å². The molecular weight excluding hydrogens is 204 g/mol. The minimum atomic E-state index is -0.341. The van der Waals surface area contributed by atoms with Crippen LogP contribution in [0.3, 0.4) is 0 Å². The van der Waals surface area contributed by atoms with E-state index in [4.69, 9.17) is 9.47 Å². The van der Waals surface area contributed by atoms with Crippen LogP contribution in [-0.2, 0) is 14.3 Å². The zero-order valence-corrected chi connectivity index (χ0v) is 10.3. The highest BCUT2D eigenvalue weighted by Crippen LogP contribution is 2.03. The van der Waals surface area contributed by atoms with Crippen molar-refractivity contribution in [2.24, 2.45) is 0 Å². The molecule has 0 heterocycles. The quantitative estimate of drug-likeness (QED) is 0.262.